The number of nitrogens with zero attached hydrogens (tertiary/aromatic N) is 3. The second kappa shape index (κ2) is 8.36. The molecule has 0 radical (unpaired) electrons. The van der Waals surface area contributed by atoms with Crippen LogP contribution in [0.2, 0.25) is 0 Å². The van der Waals surface area contributed by atoms with Crippen LogP contribution in [0.1, 0.15) is 11.3 Å². The number of aromatic nitrogens is 3. The van der Waals surface area contributed by atoms with Gasteiger partial charge >= 0.3 is 0 Å². The third-order valence-corrected chi connectivity index (χ3v) is 5.35. The Morgan fingerprint density at radius 3 is 2.23 bits per heavy atom. The molecule has 0 amide bonds. The number of nitrogens with one attached hydrogen (secondary N) is 1. The number of hydrogen-bond donors (Lipinski definition) is 1. The highest BCUT2D eigenvalue weighted by Crippen LogP contribution is 2.25. The lowest BCUT2D eigenvalue weighted by Gasteiger charge is -2.09. The van der Waals surface area contributed by atoms with Crippen LogP contribution in [0.15, 0.2) is 97.5 Å². The molecule has 0 aliphatic heterocycles. The van der Waals surface area contributed by atoms with Gasteiger partial charge < -0.3 is 5.32 Å². The average molecular weight is 403 g/mol. The van der Waals surface area contributed by atoms with E-state index in [1.165, 1.54) is 16.7 Å². The van der Waals surface area contributed by atoms with E-state index in [0.29, 0.717) is 6.54 Å². The van der Waals surface area contributed by atoms with Gasteiger partial charge in [0.05, 0.1) is 5.52 Å². The first-order chi connectivity index (χ1) is 15.2. The molecule has 5 aromatic rings. The molecule has 1 N–H and O–H groups in total. The molecule has 4 nitrogen and oxygen atoms in total. The van der Waals surface area contributed by atoms with E-state index in [2.05, 4.69) is 80.9 Å². The fourth-order valence-corrected chi connectivity index (χ4v) is 3.69. The number of hydrogen-bond acceptors (Lipinski definition) is 4. The molecule has 3 aromatic heterocycles. The van der Waals surface area contributed by atoms with Gasteiger partial charge in [-0.15, -0.1) is 0 Å². The summed E-state index contributed by atoms with van der Waals surface area (Å²) in [5.41, 5.74) is 7.90. The third-order valence-electron chi connectivity index (χ3n) is 5.35. The van der Waals surface area contributed by atoms with Crippen molar-refractivity contribution in [3.05, 3.63) is 109 Å². The highest BCUT2D eigenvalue weighted by Gasteiger charge is 2.04. The summed E-state index contributed by atoms with van der Waals surface area (Å²) in [6.45, 7) is 2.73. The molecule has 2 aromatic carbocycles. The Labute approximate surface area is 181 Å². The number of rotatable bonds is 5. The van der Waals surface area contributed by atoms with E-state index in [4.69, 9.17) is 0 Å². The Kier molecular flexibility index (Phi) is 5.11. The largest absolute Gasteiger partial charge is 0.366 e. The molecule has 0 spiro atoms. The van der Waals surface area contributed by atoms with Crippen molar-refractivity contribution in [2.24, 2.45) is 0 Å². The van der Waals surface area contributed by atoms with E-state index >= 15 is 0 Å². The molecule has 4 heteroatoms. The molecule has 5 rings (SSSR count). The van der Waals surface area contributed by atoms with Crippen LogP contribution in [-0.2, 0) is 6.54 Å². The summed E-state index contributed by atoms with van der Waals surface area (Å²) < 4.78 is 0. The zero-order valence-electron chi connectivity index (χ0n) is 17.3. The van der Waals surface area contributed by atoms with Crippen molar-refractivity contribution in [1.29, 1.82) is 0 Å². The van der Waals surface area contributed by atoms with Crippen molar-refractivity contribution in [1.82, 2.24) is 15.0 Å². The first-order valence-corrected chi connectivity index (χ1v) is 10.3. The van der Waals surface area contributed by atoms with Crippen LogP contribution in [0.4, 0.5) is 5.82 Å². The molecule has 3 heterocycles. The first kappa shape index (κ1) is 18.9. The smallest absolute Gasteiger partial charge is 0.126 e. The van der Waals surface area contributed by atoms with Gasteiger partial charge in [-0.3, -0.25) is 9.97 Å². The minimum atomic E-state index is 0.716. The molecule has 0 atom stereocenters. The van der Waals surface area contributed by atoms with Crippen molar-refractivity contribution >= 4 is 16.7 Å². The molecule has 0 fully saturated rings. The zero-order valence-corrected chi connectivity index (χ0v) is 17.3. The first-order valence-electron chi connectivity index (χ1n) is 10.3. The van der Waals surface area contributed by atoms with Gasteiger partial charge in [0.2, 0.25) is 0 Å². The van der Waals surface area contributed by atoms with Crippen molar-refractivity contribution in [3.63, 3.8) is 0 Å². The predicted molar refractivity (Wildman–Crippen MR) is 127 cm³/mol. The van der Waals surface area contributed by atoms with Crippen LogP contribution in [0.25, 0.3) is 33.2 Å². The zero-order chi connectivity index (χ0) is 21.0. The molecule has 0 saturated carbocycles. The van der Waals surface area contributed by atoms with Crippen molar-refractivity contribution in [3.8, 4) is 22.3 Å². The summed E-state index contributed by atoms with van der Waals surface area (Å²) in [6.07, 6.45) is 5.52. The van der Waals surface area contributed by atoms with Crippen molar-refractivity contribution in [2.75, 3.05) is 5.32 Å². The molecule has 150 valence electrons. The average Bonchev–Trinajstić information content (AvgIpc) is 2.83. The van der Waals surface area contributed by atoms with Crippen LogP contribution in [0.5, 0.6) is 0 Å². The molecule has 31 heavy (non-hydrogen) atoms. The summed E-state index contributed by atoms with van der Waals surface area (Å²) >= 11 is 0. The monoisotopic (exact) mass is 402 g/mol. The van der Waals surface area contributed by atoms with Gasteiger partial charge in [-0.25, -0.2) is 4.98 Å². The maximum Gasteiger partial charge on any atom is 0.126 e. The molecule has 0 unspecified atom stereocenters. The van der Waals surface area contributed by atoms with Gasteiger partial charge in [-0.1, -0.05) is 36.4 Å². The maximum absolute atomic E-state index is 4.49. The molecule has 0 aliphatic rings. The van der Waals surface area contributed by atoms with Gasteiger partial charge in [0, 0.05) is 36.2 Å². The van der Waals surface area contributed by atoms with Crippen molar-refractivity contribution < 1.29 is 0 Å². The number of benzene rings is 2. The van der Waals surface area contributed by atoms with Crippen LogP contribution in [-0.4, -0.2) is 15.0 Å². The van der Waals surface area contributed by atoms with E-state index < -0.39 is 0 Å². The lowest BCUT2D eigenvalue weighted by molar-refractivity contribution is 1.11. The summed E-state index contributed by atoms with van der Waals surface area (Å²) in [7, 11) is 0. The van der Waals surface area contributed by atoms with Gasteiger partial charge in [-0.2, -0.15) is 0 Å². The molecule has 0 aliphatic carbocycles. The number of aryl methyl sites for hydroxylation is 1. The Balaban J connectivity index is 1.30. The highest BCUT2D eigenvalue weighted by atomic mass is 15.0. The Morgan fingerprint density at radius 2 is 1.39 bits per heavy atom. The maximum atomic E-state index is 4.49. The minimum absolute atomic E-state index is 0.716. The van der Waals surface area contributed by atoms with E-state index in [-0.39, 0.29) is 0 Å². The quantitative estimate of drug-likeness (QED) is 0.376. The normalized spacial score (nSPS) is 10.9. The third kappa shape index (κ3) is 4.28. The number of pyridine rings is 3. The second-order valence-electron chi connectivity index (χ2n) is 7.58. The van der Waals surface area contributed by atoms with Crippen LogP contribution in [0, 0.1) is 6.92 Å². The fourth-order valence-electron chi connectivity index (χ4n) is 3.69. The minimum Gasteiger partial charge on any atom is -0.366 e. The van der Waals surface area contributed by atoms with Crippen LogP contribution < -0.4 is 5.32 Å². The van der Waals surface area contributed by atoms with Crippen molar-refractivity contribution in [2.45, 2.75) is 13.5 Å². The Bertz CT molecular complexity index is 1340. The van der Waals surface area contributed by atoms with Crippen LogP contribution >= 0.6 is 0 Å². The van der Waals surface area contributed by atoms with Gasteiger partial charge in [0.1, 0.15) is 5.82 Å². The summed E-state index contributed by atoms with van der Waals surface area (Å²) in [5, 5.41) is 4.58. The SMILES string of the molecule is Cc1cc(-c2ccc(CNc3cc(-c4ccc5ncccc5c4)ccn3)cc2)ccn1. The fraction of sp³-hybridized carbons (Fsp3) is 0.0741. The Morgan fingerprint density at radius 1 is 0.645 bits per heavy atom. The van der Waals surface area contributed by atoms with Gasteiger partial charge in [-0.05, 0) is 77.2 Å². The summed E-state index contributed by atoms with van der Waals surface area (Å²) in [6, 6.07) is 27.3. The summed E-state index contributed by atoms with van der Waals surface area (Å²) in [5.74, 6) is 0.859. The highest BCUT2D eigenvalue weighted by molar-refractivity contribution is 5.84. The molecule has 0 bridgehead atoms. The number of fused-ring (bicyclic) bond motifs is 1. The summed E-state index contributed by atoms with van der Waals surface area (Å²) in [4.78, 5) is 13.2. The lowest BCUT2D eigenvalue weighted by Crippen LogP contribution is -2.01. The molecular weight excluding hydrogens is 380 g/mol. The van der Waals surface area contributed by atoms with Gasteiger partial charge in [0.25, 0.3) is 0 Å². The van der Waals surface area contributed by atoms with Crippen LogP contribution in [0.3, 0.4) is 0 Å². The van der Waals surface area contributed by atoms with Gasteiger partial charge in [0.15, 0.2) is 0 Å². The molecule has 0 saturated heterocycles. The topological polar surface area (TPSA) is 50.7 Å². The lowest BCUT2D eigenvalue weighted by atomic mass is 10.0. The predicted octanol–water partition coefficient (Wildman–Crippen LogP) is 6.28. The van der Waals surface area contributed by atoms with E-state index in [0.717, 1.165) is 33.5 Å². The number of anilines is 1. The van der Waals surface area contributed by atoms with E-state index in [1.54, 1.807) is 0 Å². The molecular formula is C27H22N4. The van der Waals surface area contributed by atoms with E-state index in [9.17, 15) is 0 Å². The Hall–Kier alpha value is -4.05. The standard InChI is InChI=1S/C27H22N4/c1-19-15-23(10-13-28-19)21-6-4-20(5-7-21)18-31-27-17-24(11-14-30-27)22-8-9-26-25(16-22)3-2-12-29-26/h2-17H,18H2,1H3,(H,30,31). The van der Waals surface area contributed by atoms with E-state index in [1.807, 2.05) is 43.7 Å². The second-order valence-corrected chi connectivity index (χ2v) is 7.58.